The van der Waals surface area contributed by atoms with E-state index in [2.05, 4.69) is 20.6 Å². The van der Waals surface area contributed by atoms with Crippen LogP contribution in [-0.4, -0.2) is 71.1 Å². The number of imidazole rings is 1. The number of carbonyl (C=O) groups excluding carboxylic acids is 2. The van der Waals surface area contributed by atoms with Crippen molar-refractivity contribution in [1.29, 1.82) is 0 Å². The summed E-state index contributed by atoms with van der Waals surface area (Å²) in [7, 11) is -3.40. The molecule has 10 nitrogen and oxygen atoms in total. The van der Waals surface area contributed by atoms with E-state index in [9.17, 15) is 23.1 Å². The number of aryl methyl sites for hydroxylation is 1. The van der Waals surface area contributed by atoms with Gasteiger partial charge in [-0.25, -0.2) is 17.7 Å². The highest BCUT2D eigenvalue weighted by Crippen LogP contribution is 2.20. The van der Waals surface area contributed by atoms with Crippen LogP contribution in [0, 0.1) is 12.8 Å². The molecule has 3 atom stereocenters. The van der Waals surface area contributed by atoms with Crippen LogP contribution in [0.4, 0.5) is 5.95 Å². The van der Waals surface area contributed by atoms with Crippen molar-refractivity contribution in [3.63, 3.8) is 0 Å². The number of aromatic nitrogens is 2. The fraction of sp³-hybridized carbons (Fsp3) is 0.476. The summed E-state index contributed by atoms with van der Waals surface area (Å²) < 4.78 is 25.1. The topological polar surface area (TPSA) is 144 Å². The number of anilines is 1. The molecule has 0 radical (unpaired) electrons. The Morgan fingerprint density at radius 1 is 1.31 bits per heavy atom. The summed E-state index contributed by atoms with van der Waals surface area (Å²) in [5.41, 5.74) is 1.58. The Labute approximate surface area is 187 Å². The van der Waals surface area contributed by atoms with E-state index in [1.807, 2.05) is 30.3 Å². The van der Waals surface area contributed by atoms with Gasteiger partial charge in [0, 0.05) is 25.0 Å². The number of aliphatic hydroxyl groups is 1. The summed E-state index contributed by atoms with van der Waals surface area (Å²) in [4.78, 5) is 32.5. The van der Waals surface area contributed by atoms with Gasteiger partial charge in [-0.15, -0.1) is 0 Å². The lowest BCUT2D eigenvalue weighted by molar-refractivity contribution is -0.130. The number of H-pyrrole nitrogens is 1. The van der Waals surface area contributed by atoms with Crippen LogP contribution in [0.5, 0.6) is 0 Å². The maximum atomic E-state index is 13.0. The molecule has 0 spiro atoms. The standard InChI is InChI=1S/C21H29N5O5S/c1-14-12-22-21(23-14)25-20(29)18(27)17(11-15-7-4-3-5-8-15)24-19(28)16-9-6-10-26(13-16)32(2,30)31/h3-5,7-8,12,16-18,27H,6,9-11,13H2,1-2H3,(H,24,28)(H2,22,23,25,29)/t16?,17-,18+/m0/s1. The minimum atomic E-state index is -3.40. The van der Waals surface area contributed by atoms with Crippen molar-refractivity contribution < 1.29 is 23.1 Å². The van der Waals surface area contributed by atoms with Crippen LogP contribution in [-0.2, 0) is 26.0 Å². The normalized spacial score (nSPS) is 19.2. The maximum absolute atomic E-state index is 13.0. The molecule has 1 aromatic carbocycles. The summed E-state index contributed by atoms with van der Waals surface area (Å²) in [6, 6.07) is 8.28. The van der Waals surface area contributed by atoms with Gasteiger partial charge in [-0.05, 0) is 31.7 Å². The lowest BCUT2D eigenvalue weighted by Gasteiger charge is -2.32. The van der Waals surface area contributed by atoms with E-state index >= 15 is 0 Å². The Morgan fingerprint density at radius 2 is 2.03 bits per heavy atom. The maximum Gasteiger partial charge on any atom is 0.257 e. The van der Waals surface area contributed by atoms with Crippen LogP contribution in [0.2, 0.25) is 0 Å². The molecule has 1 fully saturated rings. The number of benzene rings is 1. The quantitative estimate of drug-likeness (QED) is 0.446. The Hall–Kier alpha value is -2.76. The average Bonchev–Trinajstić information content (AvgIpc) is 3.17. The minimum absolute atomic E-state index is 0.0800. The Balaban J connectivity index is 1.73. The van der Waals surface area contributed by atoms with E-state index in [0.717, 1.165) is 17.5 Å². The van der Waals surface area contributed by atoms with Crippen molar-refractivity contribution >= 4 is 27.8 Å². The monoisotopic (exact) mass is 463 g/mol. The first-order chi connectivity index (χ1) is 15.1. The minimum Gasteiger partial charge on any atom is -0.381 e. The highest BCUT2D eigenvalue weighted by molar-refractivity contribution is 7.88. The van der Waals surface area contributed by atoms with E-state index in [0.29, 0.717) is 19.4 Å². The van der Waals surface area contributed by atoms with Gasteiger partial charge in [-0.2, -0.15) is 0 Å². The Morgan fingerprint density at radius 3 is 2.66 bits per heavy atom. The lowest BCUT2D eigenvalue weighted by Crippen LogP contribution is -2.53. The number of sulfonamides is 1. The summed E-state index contributed by atoms with van der Waals surface area (Å²) in [5, 5.41) is 16.1. The zero-order chi connectivity index (χ0) is 23.3. The van der Waals surface area contributed by atoms with Crippen molar-refractivity contribution in [3.8, 4) is 0 Å². The molecule has 0 bridgehead atoms. The lowest BCUT2D eigenvalue weighted by atomic mass is 9.96. The number of nitrogens with one attached hydrogen (secondary N) is 3. The summed E-state index contributed by atoms with van der Waals surface area (Å²) in [5.74, 6) is -1.45. The highest BCUT2D eigenvalue weighted by atomic mass is 32.2. The third-order valence-corrected chi connectivity index (χ3v) is 6.71. The molecule has 0 aliphatic carbocycles. The van der Waals surface area contributed by atoms with E-state index in [4.69, 9.17) is 0 Å². The van der Waals surface area contributed by atoms with Crippen LogP contribution in [0.1, 0.15) is 24.1 Å². The van der Waals surface area contributed by atoms with Gasteiger partial charge in [0.1, 0.15) is 0 Å². The van der Waals surface area contributed by atoms with Crippen LogP contribution in [0.15, 0.2) is 36.5 Å². The van der Waals surface area contributed by atoms with Crippen molar-refractivity contribution in [2.75, 3.05) is 24.7 Å². The summed E-state index contributed by atoms with van der Waals surface area (Å²) >= 11 is 0. The molecular weight excluding hydrogens is 434 g/mol. The van der Waals surface area contributed by atoms with Gasteiger partial charge in [-0.1, -0.05) is 30.3 Å². The van der Waals surface area contributed by atoms with Gasteiger partial charge < -0.3 is 15.4 Å². The first-order valence-corrected chi connectivity index (χ1v) is 12.3. The molecule has 1 unspecified atom stereocenters. The van der Waals surface area contributed by atoms with E-state index in [1.165, 1.54) is 4.31 Å². The number of hydrogen-bond donors (Lipinski definition) is 4. The number of aromatic amines is 1. The fourth-order valence-electron chi connectivity index (χ4n) is 3.72. The van der Waals surface area contributed by atoms with Gasteiger partial charge in [-0.3, -0.25) is 14.9 Å². The summed E-state index contributed by atoms with van der Waals surface area (Å²) in [6.45, 7) is 2.24. The second-order valence-electron chi connectivity index (χ2n) is 8.11. The van der Waals surface area contributed by atoms with Crippen molar-refractivity contribution in [3.05, 3.63) is 47.8 Å². The molecule has 174 valence electrons. The van der Waals surface area contributed by atoms with Crippen molar-refractivity contribution in [2.24, 2.45) is 5.92 Å². The van der Waals surface area contributed by atoms with Crippen LogP contribution in [0.25, 0.3) is 0 Å². The third-order valence-electron chi connectivity index (χ3n) is 5.44. The molecule has 0 saturated carbocycles. The number of carbonyl (C=O) groups is 2. The predicted octanol–water partition coefficient (Wildman–Crippen LogP) is 0.417. The Kier molecular flexibility index (Phi) is 7.64. The largest absolute Gasteiger partial charge is 0.381 e. The third kappa shape index (κ3) is 6.38. The first-order valence-electron chi connectivity index (χ1n) is 10.4. The zero-order valence-electron chi connectivity index (χ0n) is 18.1. The van der Waals surface area contributed by atoms with E-state index < -0.39 is 34.0 Å². The van der Waals surface area contributed by atoms with Crippen molar-refractivity contribution in [2.45, 2.75) is 38.3 Å². The predicted molar refractivity (Wildman–Crippen MR) is 119 cm³/mol. The second-order valence-corrected chi connectivity index (χ2v) is 10.1. The SMILES string of the molecule is Cc1cnc(NC(=O)[C@H](O)[C@H](Cc2ccccc2)NC(=O)C2CCCN(S(C)(=O)=O)C2)[nH]1. The molecular formula is C21H29N5O5S. The van der Waals surface area contributed by atoms with Crippen LogP contribution in [0.3, 0.4) is 0 Å². The number of amides is 2. The molecule has 2 aromatic rings. The first kappa shape index (κ1) is 23.9. The molecule has 11 heteroatoms. The molecule has 2 heterocycles. The number of rotatable bonds is 8. The fourth-order valence-corrected chi connectivity index (χ4v) is 4.63. The zero-order valence-corrected chi connectivity index (χ0v) is 18.9. The van der Waals surface area contributed by atoms with Crippen LogP contribution >= 0.6 is 0 Å². The van der Waals surface area contributed by atoms with Gasteiger partial charge in [0.25, 0.3) is 5.91 Å². The van der Waals surface area contributed by atoms with Gasteiger partial charge >= 0.3 is 0 Å². The molecule has 3 rings (SSSR count). The van der Waals surface area contributed by atoms with Crippen LogP contribution < -0.4 is 10.6 Å². The molecule has 4 N–H and O–H groups in total. The molecule has 1 saturated heterocycles. The van der Waals surface area contributed by atoms with Gasteiger partial charge in [0.15, 0.2) is 6.10 Å². The second kappa shape index (κ2) is 10.2. The Bertz CT molecular complexity index is 1040. The molecule has 1 aliphatic rings. The molecule has 1 aliphatic heterocycles. The van der Waals surface area contributed by atoms with E-state index in [1.54, 1.807) is 13.1 Å². The molecule has 2 amide bonds. The van der Waals surface area contributed by atoms with Gasteiger partial charge in [0.2, 0.25) is 21.9 Å². The average molecular weight is 464 g/mol. The number of nitrogens with zero attached hydrogens (tertiary/aromatic N) is 2. The smallest absolute Gasteiger partial charge is 0.257 e. The number of piperidine rings is 1. The van der Waals surface area contributed by atoms with Gasteiger partial charge in [0.05, 0.1) is 18.2 Å². The van der Waals surface area contributed by atoms with Crippen molar-refractivity contribution in [1.82, 2.24) is 19.6 Å². The molecule has 1 aromatic heterocycles. The molecule has 32 heavy (non-hydrogen) atoms. The number of hydrogen-bond acceptors (Lipinski definition) is 6. The highest BCUT2D eigenvalue weighted by Gasteiger charge is 2.34. The number of aliphatic hydroxyl groups excluding tert-OH is 1. The van der Waals surface area contributed by atoms with E-state index in [-0.39, 0.29) is 24.8 Å². The summed E-state index contributed by atoms with van der Waals surface area (Å²) in [6.07, 6.45) is 2.44.